The molecule has 11 nitrogen and oxygen atoms in total. The zero-order valence-corrected chi connectivity index (χ0v) is 24.9. The van der Waals surface area contributed by atoms with E-state index in [1.165, 1.54) is 4.90 Å². The lowest BCUT2D eigenvalue weighted by Crippen LogP contribution is -2.57. The molecule has 0 bridgehead atoms. The summed E-state index contributed by atoms with van der Waals surface area (Å²) in [5, 5.41) is 14.7. The van der Waals surface area contributed by atoms with Crippen molar-refractivity contribution in [3.8, 4) is 11.1 Å². The highest BCUT2D eigenvalue weighted by Gasteiger charge is 2.37. The average molecular weight is 602 g/mol. The summed E-state index contributed by atoms with van der Waals surface area (Å²) in [4.78, 5) is 52.4. The molecule has 44 heavy (non-hydrogen) atoms. The molecular weight excluding hydrogens is 562 g/mol. The Balaban J connectivity index is 1.54. The topological polar surface area (TPSA) is 177 Å². The number of alkyl carbamates (subject to hydrolysis) is 1. The summed E-state index contributed by atoms with van der Waals surface area (Å²) in [5.74, 6) is -1.85. The quantitative estimate of drug-likeness (QED) is 0.188. The van der Waals surface area contributed by atoms with Crippen molar-refractivity contribution in [2.45, 2.75) is 51.3 Å². The number of rotatable bonds is 13. The summed E-state index contributed by atoms with van der Waals surface area (Å²) in [7, 11) is 0. The molecule has 7 N–H and O–H groups in total. The number of nitrogens with two attached hydrogens (primary N) is 2. The number of amides is 5. The lowest BCUT2D eigenvalue weighted by molar-refractivity contribution is -0.126. The number of fused-ring (bicyclic) bond motifs is 3. The van der Waals surface area contributed by atoms with E-state index in [1.807, 2.05) is 48.5 Å². The van der Waals surface area contributed by atoms with Gasteiger partial charge in [-0.05, 0) is 58.7 Å². The van der Waals surface area contributed by atoms with Crippen LogP contribution in [0.2, 0.25) is 0 Å². The average Bonchev–Trinajstić information content (AvgIpc) is 3.33. The van der Waals surface area contributed by atoms with E-state index in [0.29, 0.717) is 17.7 Å². The van der Waals surface area contributed by atoms with Gasteiger partial charge >= 0.3 is 12.1 Å². The van der Waals surface area contributed by atoms with Crippen molar-refractivity contribution >= 4 is 29.6 Å². The Labute approximate surface area is 256 Å². The number of ether oxygens (including phenoxy) is 1. The summed E-state index contributed by atoms with van der Waals surface area (Å²) in [6.45, 7) is 3.59. The minimum atomic E-state index is -1.09. The Kier molecular flexibility index (Phi) is 10.6. The number of aliphatic hydroxyl groups is 1. The van der Waals surface area contributed by atoms with Crippen LogP contribution in [-0.2, 0) is 20.9 Å². The van der Waals surface area contributed by atoms with Crippen LogP contribution in [0, 0.1) is 5.92 Å². The van der Waals surface area contributed by atoms with Crippen molar-refractivity contribution in [2.24, 2.45) is 17.4 Å². The van der Waals surface area contributed by atoms with Gasteiger partial charge in [-0.3, -0.25) is 14.5 Å². The van der Waals surface area contributed by atoms with Gasteiger partial charge in [0.25, 0.3) is 5.91 Å². The number of nitrogens with zero attached hydrogens (tertiary/aromatic N) is 1. The molecular formula is C33H39N5O6. The third-order valence-electron chi connectivity index (χ3n) is 7.78. The van der Waals surface area contributed by atoms with E-state index in [1.54, 1.807) is 38.1 Å². The monoisotopic (exact) mass is 601 g/mol. The lowest BCUT2D eigenvalue weighted by Gasteiger charge is -2.34. The Bertz CT molecular complexity index is 1450. The number of hydrogen-bond donors (Lipinski definition) is 5. The smallest absolute Gasteiger partial charge is 0.407 e. The number of aliphatic hydroxyl groups excluding tert-OH is 1. The van der Waals surface area contributed by atoms with E-state index in [0.717, 1.165) is 22.3 Å². The van der Waals surface area contributed by atoms with E-state index in [2.05, 4.69) is 10.6 Å². The van der Waals surface area contributed by atoms with Crippen LogP contribution in [0.15, 0.2) is 72.8 Å². The maximum Gasteiger partial charge on any atom is 0.407 e. The SMILES string of the molecule is CC(C)[C@H](NC(=O)OCC1c2ccccc2-c2ccccc21)C(=O)N(c1ccc(CO)cc1)[C@@H](CCCNC(N)=O)C(N)=O. The predicted molar refractivity (Wildman–Crippen MR) is 166 cm³/mol. The van der Waals surface area contributed by atoms with Crippen molar-refractivity contribution in [2.75, 3.05) is 18.1 Å². The molecule has 5 amide bonds. The molecule has 1 aliphatic rings. The van der Waals surface area contributed by atoms with E-state index < -0.39 is 36.0 Å². The summed E-state index contributed by atoms with van der Waals surface area (Å²) < 4.78 is 5.70. The Hall–Kier alpha value is -4.90. The number of primary amides is 2. The molecule has 0 heterocycles. The maximum atomic E-state index is 14.2. The number of anilines is 1. The maximum absolute atomic E-state index is 14.2. The zero-order chi connectivity index (χ0) is 31.8. The fraction of sp³-hybridized carbons (Fsp3) is 0.333. The number of nitrogens with one attached hydrogen (secondary N) is 2. The minimum absolute atomic E-state index is 0.0714. The molecule has 0 aromatic heterocycles. The van der Waals surface area contributed by atoms with Crippen LogP contribution in [0.5, 0.6) is 0 Å². The summed E-state index contributed by atoms with van der Waals surface area (Å²) in [6.07, 6.45) is -0.337. The highest BCUT2D eigenvalue weighted by molar-refractivity contribution is 6.04. The van der Waals surface area contributed by atoms with E-state index in [4.69, 9.17) is 16.2 Å². The molecule has 0 saturated carbocycles. The largest absolute Gasteiger partial charge is 0.449 e. The van der Waals surface area contributed by atoms with Crippen LogP contribution in [0.1, 0.15) is 49.3 Å². The molecule has 232 valence electrons. The van der Waals surface area contributed by atoms with Crippen LogP contribution in [0.25, 0.3) is 11.1 Å². The fourth-order valence-electron chi connectivity index (χ4n) is 5.56. The molecule has 4 rings (SSSR count). The van der Waals surface area contributed by atoms with Gasteiger partial charge in [0.15, 0.2) is 0 Å². The Morgan fingerprint density at radius 2 is 1.50 bits per heavy atom. The number of carbonyl (C=O) groups is 4. The molecule has 11 heteroatoms. The van der Waals surface area contributed by atoms with Crippen molar-refractivity contribution in [1.82, 2.24) is 10.6 Å². The third-order valence-corrected chi connectivity index (χ3v) is 7.78. The molecule has 3 aromatic rings. The zero-order valence-electron chi connectivity index (χ0n) is 24.9. The van der Waals surface area contributed by atoms with Gasteiger partial charge in [-0.1, -0.05) is 74.5 Å². The van der Waals surface area contributed by atoms with Crippen LogP contribution in [0.4, 0.5) is 15.3 Å². The number of urea groups is 1. The first-order valence-electron chi connectivity index (χ1n) is 14.6. The van der Waals surface area contributed by atoms with Gasteiger partial charge in [0, 0.05) is 18.2 Å². The molecule has 2 atom stereocenters. The predicted octanol–water partition coefficient (Wildman–Crippen LogP) is 3.38. The van der Waals surface area contributed by atoms with Gasteiger partial charge < -0.3 is 31.9 Å². The second-order valence-corrected chi connectivity index (χ2v) is 11.1. The van der Waals surface area contributed by atoms with E-state index in [-0.39, 0.29) is 38.0 Å². The van der Waals surface area contributed by atoms with Gasteiger partial charge in [0.2, 0.25) is 5.91 Å². The first kappa shape index (κ1) is 32.0. The summed E-state index contributed by atoms with van der Waals surface area (Å²) in [5.41, 5.74) is 16.2. The van der Waals surface area contributed by atoms with Crippen LogP contribution in [0.3, 0.4) is 0 Å². The van der Waals surface area contributed by atoms with Crippen molar-refractivity contribution in [3.63, 3.8) is 0 Å². The normalized spacial score (nSPS) is 13.4. The second-order valence-electron chi connectivity index (χ2n) is 11.1. The molecule has 0 fully saturated rings. The van der Waals surface area contributed by atoms with Crippen LogP contribution < -0.4 is 27.0 Å². The Morgan fingerprint density at radius 3 is 2.02 bits per heavy atom. The van der Waals surface area contributed by atoms with E-state index >= 15 is 0 Å². The molecule has 0 spiro atoms. The Morgan fingerprint density at radius 1 is 0.909 bits per heavy atom. The van der Waals surface area contributed by atoms with Gasteiger partial charge in [0.1, 0.15) is 18.7 Å². The summed E-state index contributed by atoms with van der Waals surface area (Å²) >= 11 is 0. The van der Waals surface area contributed by atoms with Crippen molar-refractivity contribution < 1.29 is 29.0 Å². The lowest BCUT2D eigenvalue weighted by atomic mass is 9.98. The van der Waals surface area contributed by atoms with Gasteiger partial charge in [-0.25, -0.2) is 9.59 Å². The first-order valence-corrected chi connectivity index (χ1v) is 14.6. The number of hydrogen-bond acceptors (Lipinski definition) is 6. The van der Waals surface area contributed by atoms with Gasteiger partial charge in [-0.2, -0.15) is 0 Å². The number of carbonyl (C=O) groups excluding carboxylic acids is 4. The highest BCUT2D eigenvalue weighted by Crippen LogP contribution is 2.44. The van der Waals surface area contributed by atoms with Crippen molar-refractivity contribution in [3.05, 3.63) is 89.5 Å². The second kappa shape index (κ2) is 14.5. The van der Waals surface area contributed by atoms with E-state index in [9.17, 15) is 24.3 Å². The van der Waals surface area contributed by atoms with Gasteiger partial charge in [-0.15, -0.1) is 0 Å². The fourth-order valence-corrected chi connectivity index (χ4v) is 5.56. The highest BCUT2D eigenvalue weighted by atomic mass is 16.5. The third kappa shape index (κ3) is 7.35. The molecule has 3 aromatic carbocycles. The van der Waals surface area contributed by atoms with Crippen LogP contribution in [-0.4, -0.2) is 54.3 Å². The van der Waals surface area contributed by atoms with Crippen LogP contribution >= 0.6 is 0 Å². The molecule has 1 aliphatic carbocycles. The molecule has 0 unspecified atom stereocenters. The van der Waals surface area contributed by atoms with Gasteiger partial charge in [0.05, 0.1) is 6.61 Å². The number of benzene rings is 3. The van der Waals surface area contributed by atoms with Crippen molar-refractivity contribution in [1.29, 1.82) is 0 Å². The first-order chi connectivity index (χ1) is 21.1. The molecule has 0 aliphatic heterocycles. The molecule has 0 saturated heterocycles. The standard InChI is InChI=1S/C33H39N5O6/c1-20(2)29(37-33(43)44-19-27-25-10-5-3-8-23(25)24-9-4-6-11-26(24)27)31(41)38(22-15-13-21(18-39)14-16-22)28(30(34)40)12-7-17-36-32(35)42/h3-6,8-11,13-16,20,27-29,39H,7,12,17-19H2,1-2H3,(H2,34,40)(H,37,43)(H3,35,36,42)/t28-,29-/m0/s1. The molecule has 0 radical (unpaired) electrons. The summed E-state index contributed by atoms with van der Waals surface area (Å²) in [6, 6.07) is 19.6. The minimum Gasteiger partial charge on any atom is -0.449 e.